The number of Topliss-reactive ketones (excluding diaryl/α,β-unsaturated/α-hetero) is 1. The Morgan fingerprint density at radius 2 is 2.05 bits per heavy atom. The highest BCUT2D eigenvalue weighted by atomic mass is 19.1. The second kappa shape index (κ2) is 5.33. The molecule has 0 aliphatic carbocycles. The van der Waals surface area contributed by atoms with Crippen molar-refractivity contribution in [2.24, 2.45) is 0 Å². The smallest absolute Gasteiger partial charge is 0.169 e. The van der Waals surface area contributed by atoms with Gasteiger partial charge in [-0.15, -0.1) is 0 Å². The first kappa shape index (κ1) is 12.7. The van der Waals surface area contributed by atoms with Gasteiger partial charge in [-0.05, 0) is 18.2 Å². The van der Waals surface area contributed by atoms with Crippen LogP contribution in [0, 0.1) is 5.82 Å². The van der Waals surface area contributed by atoms with Crippen molar-refractivity contribution >= 4 is 5.78 Å². The van der Waals surface area contributed by atoms with Crippen LogP contribution >= 0.6 is 0 Å². The molecular formula is C16H13FO3. The Kier molecular flexibility index (Phi) is 3.37. The zero-order valence-corrected chi connectivity index (χ0v) is 10.8. The van der Waals surface area contributed by atoms with Crippen LogP contribution in [0.2, 0.25) is 0 Å². The molecule has 0 atom stereocenters. The van der Waals surface area contributed by atoms with E-state index in [1.807, 2.05) is 0 Å². The highest BCUT2D eigenvalue weighted by Crippen LogP contribution is 2.29. The molecule has 2 aromatic carbocycles. The Hall–Kier alpha value is -2.36. The van der Waals surface area contributed by atoms with E-state index in [9.17, 15) is 9.18 Å². The van der Waals surface area contributed by atoms with Crippen LogP contribution in [0.25, 0.3) is 0 Å². The molecule has 4 heteroatoms. The number of carbonyl (C=O) groups excluding carboxylic acids is 1. The largest absolute Gasteiger partial charge is 0.492 e. The summed E-state index contributed by atoms with van der Waals surface area (Å²) in [7, 11) is 0. The van der Waals surface area contributed by atoms with E-state index in [0.717, 1.165) is 0 Å². The molecule has 0 N–H and O–H groups in total. The predicted octanol–water partition coefficient (Wildman–Crippen LogP) is 3.37. The van der Waals surface area contributed by atoms with Gasteiger partial charge in [-0.2, -0.15) is 0 Å². The second-order valence-electron chi connectivity index (χ2n) is 4.56. The lowest BCUT2D eigenvalue weighted by atomic mass is 10.1. The van der Waals surface area contributed by atoms with Crippen molar-refractivity contribution in [3.63, 3.8) is 0 Å². The molecule has 0 unspecified atom stereocenters. The minimum Gasteiger partial charge on any atom is -0.492 e. The molecule has 102 valence electrons. The van der Waals surface area contributed by atoms with Crippen molar-refractivity contribution in [2.45, 2.75) is 13.0 Å². The molecule has 0 spiro atoms. The molecule has 1 aliphatic rings. The van der Waals surface area contributed by atoms with E-state index in [-0.39, 0.29) is 18.2 Å². The number of halogens is 1. The lowest BCUT2D eigenvalue weighted by Crippen LogP contribution is -2.15. The normalized spacial score (nSPS) is 13.6. The first-order chi connectivity index (χ1) is 9.74. The van der Waals surface area contributed by atoms with Gasteiger partial charge in [0.1, 0.15) is 23.9 Å². The molecule has 1 aliphatic heterocycles. The van der Waals surface area contributed by atoms with Gasteiger partial charge >= 0.3 is 0 Å². The summed E-state index contributed by atoms with van der Waals surface area (Å²) in [6.07, 6.45) is 0.405. The van der Waals surface area contributed by atoms with E-state index in [0.29, 0.717) is 35.7 Å². The van der Waals surface area contributed by atoms with Crippen LogP contribution in [0.15, 0.2) is 42.5 Å². The Morgan fingerprint density at radius 1 is 1.20 bits per heavy atom. The van der Waals surface area contributed by atoms with Gasteiger partial charge in [0.15, 0.2) is 5.78 Å². The predicted molar refractivity (Wildman–Crippen MR) is 71.6 cm³/mol. The van der Waals surface area contributed by atoms with E-state index in [2.05, 4.69) is 0 Å². The molecule has 3 nitrogen and oxygen atoms in total. The van der Waals surface area contributed by atoms with Crippen molar-refractivity contribution in [1.29, 1.82) is 0 Å². The fourth-order valence-electron chi connectivity index (χ4n) is 2.11. The molecule has 1 heterocycles. The van der Waals surface area contributed by atoms with Crippen molar-refractivity contribution in [3.8, 4) is 11.5 Å². The average molecular weight is 272 g/mol. The molecule has 0 fully saturated rings. The molecule has 0 amide bonds. The standard InChI is InChI=1S/C16H13FO3/c17-14-4-2-1-3-11(14)10-20-12-5-6-13-15(18)7-8-19-16(13)9-12/h1-6,9H,7-8,10H2. The van der Waals surface area contributed by atoms with Crippen molar-refractivity contribution in [2.75, 3.05) is 6.61 Å². The zero-order chi connectivity index (χ0) is 13.9. The van der Waals surface area contributed by atoms with Gasteiger partial charge in [0, 0.05) is 18.1 Å². The monoisotopic (exact) mass is 272 g/mol. The third-order valence-electron chi connectivity index (χ3n) is 3.19. The minimum atomic E-state index is -0.295. The van der Waals surface area contributed by atoms with E-state index in [1.54, 1.807) is 36.4 Å². The molecule has 0 radical (unpaired) electrons. The maximum absolute atomic E-state index is 13.5. The highest BCUT2D eigenvalue weighted by molar-refractivity contribution is 5.99. The summed E-state index contributed by atoms with van der Waals surface area (Å²) in [4.78, 5) is 11.7. The number of hydrogen-bond donors (Lipinski definition) is 0. The van der Waals surface area contributed by atoms with Gasteiger partial charge < -0.3 is 9.47 Å². The van der Waals surface area contributed by atoms with Crippen LogP contribution in [0.5, 0.6) is 11.5 Å². The summed E-state index contributed by atoms with van der Waals surface area (Å²) >= 11 is 0. The van der Waals surface area contributed by atoms with Crippen molar-refractivity contribution in [3.05, 3.63) is 59.4 Å². The topological polar surface area (TPSA) is 35.5 Å². The number of ether oxygens (including phenoxy) is 2. The van der Waals surface area contributed by atoms with Crippen LogP contribution in [0.3, 0.4) is 0 Å². The van der Waals surface area contributed by atoms with Crippen LogP contribution in [-0.4, -0.2) is 12.4 Å². The number of ketones is 1. The summed E-state index contributed by atoms with van der Waals surface area (Å²) in [6.45, 7) is 0.530. The number of benzene rings is 2. The van der Waals surface area contributed by atoms with Crippen molar-refractivity contribution in [1.82, 2.24) is 0 Å². The fourth-order valence-corrected chi connectivity index (χ4v) is 2.11. The van der Waals surface area contributed by atoms with E-state index in [4.69, 9.17) is 9.47 Å². The molecule has 0 saturated heterocycles. The Bertz CT molecular complexity index is 652. The first-order valence-corrected chi connectivity index (χ1v) is 6.40. The second-order valence-corrected chi connectivity index (χ2v) is 4.56. The Balaban J connectivity index is 1.76. The van der Waals surface area contributed by atoms with E-state index < -0.39 is 0 Å². The summed E-state index contributed by atoms with van der Waals surface area (Å²) in [5.74, 6) is 0.873. The summed E-state index contributed by atoms with van der Waals surface area (Å²) in [5, 5.41) is 0. The SMILES string of the molecule is O=C1CCOc2cc(OCc3ccccc3F)ccc21. The zero-order valence-electron chi connectivity index (χ0n) is 10.8. The lowest BCUT2D eigenvalue weighted by Gasteiger charge is -2.17. The third-order valence-corrected chi connectivity index (χ3v) is 3.19. The van der Waals surface area contributed by atoms with Crippen LogP contribution in [0.1, 0.15) is 22.3 Å². The maximum Gasteiger partial charge on any atom is 0.169 e. The van der Waals surface area contributed by atoms with Gasteiger partial charge in [-0.3, -0.25) is 4.79 Å². The molecule has 2 aromatic rings. The lowest BCUT2D eigenvalue weighted by molar-refractivity contribution is 0.0933. The van der Waals surface area contributed by atoms with E-state index in [1.165, 1.54) is 6.07 Å². The number of hydrogen-bond acceptors (Lipinski definition) is 3. The molecule has 0 aromatic heterocycles. The quantitative estimate of drug-likeness (QED) is 0.859. The number of carbonyl (C=O) groups is 1. The fraction of sp³-hybridized carbons (Fsp3) is 0.188. The van der Waals surface area contributed by atoms with Crippen LogP contribution in [-0.2, 0) is 6.61 Å². The van der Waals surface area contributed by atoms with Gasteiger partial charge in [-0.1, -0.05) is 18.2 Å². The Labute approximate surface area is 115 Å². The summed E-state index contributed by atoms with van der Waals surface area (Å²) in [6, 6.07) is 11.5. The number of rotatable bonds is 3. The van der Waals surface area contributed by atoms with Gasteiger partial charge in [0.05, 0.1) is 12.2 Å². The highest BCUT2D eigenvalue weighted by Gasteiger charge is 2.18. The molecule has 0 saturated carbocycles. The maximum atomic E-state index is 13.5. The van der Waals surface area contributed by atoms with Crippen molar-refractivity contribution < 1.29 is 18.7 Å². The molecule has 0 bridgehead atoms. The van der Waals surface area contributed by atoms with Crippen LogP contribution in [0.4, 0.5) is 4.39 Å². The average Bonchev–Trinajstić information content (AvgIpc) is 2.46. The Morgan fingerprint density at radius 3 is 2.90 bits per heavy atom. The first-order valence-electron chi connectivity index (χ1n) is 6.40. The third kappa shape index (κ3) is 2.50. The number of fused-ring (bicyclic) bond motifs is 1. The minimum absolute atomic E-state index is 0.0758. The van der Waals surface area contributed by atoms with E-state index >= 15 is 0 Å². The van der Waals surface area contributed by atoms with Gasteiger partial charge in [-0.25, -0.2) is 4.39 Å². The van der Waals surface area contributed by atoms with Gasteiger partial charge in [0.2, 0.25) is 0 Å². The molecule has 3 rings (SSSR count). The summed E-state index contributed by atoms with van der Waals surface area (Å²) < 4.78 is 24.4. The van der Waals surface area contributed by atoms with Crippen LogP contribution < -0.4 is 9.47 Å². The van der Waals surface area contributed by atoms with Gasteiger partial charge in [0.25, 0.3) is 0 Å². The summed E-state index contributed by atoms with van der Waals surface area (Å²) in [5.41, 5.74) is 1.07. The molecule has 20 heavy (non-hydrogen) atoms. The molecular weight excluding hydrogens is 259 g/mol.